The molecule has 9 heteroatoms. The van der Waals surface area contributed by atoms with Crippen molar-refractivity contribution in [1.82, 2.24) is 4.98 Å². The van der Waals surface area contributed by atoms with Gasteiger partial charge < -0.3 is 24.4 Å². The van der Waals surface area contributed by atoms with Gasteiger partial charge in [-0.3, -0.25) is 4.79 Å². The summed E-state index contributed by atoms with van der Waals surface area (Å²) >= 11 is 0. The van der Waals surface area contributed by atoms with E-state index in [0.29, 0.717) is 23.9 Å². The zero-order chi connectivity index (χ0) is 22.2. The molecule has 0 aliphatic heterocycles. The first-order valence-electron chi connectivity index (χ1n) is 9.31. The van der Waals surface area contributed by atoms with Gasteiger partial charge in [0.1, 0.15) is 29.2 Å². The minimum absolute atomic E-state index is 0.0252. The van der Waals surface area contributed by atoms with Crippen molar-refractivity contribution >= 4 is 27.2 Å². The van der Waals surface area contributed by atoms with Crippen molar-refractivity contribution in [3.8, 4) is 17.2 Å². The summed E-state index contributed by atoms with van der Waals surface area (Å²) in [5, 5.41) is 11.6. The average molecular weight is 440 g/mol. The number of anilines is 1. The fraction of sp³-hybridized carbons (Fsp3) is 0.136. The lowest BCUT2D eigenvalue weighted by atomic mass is 10.1. The van der Waals surface area contributed by atoms with E-state index in [2.05, 4.69) is 19.8 Å². The van der Waals surface area contributed by atoms with Gasteiger partial charge in [0.05, 0.1) is 12.2 Å². The van der Waals surface area contributed by atoms with Crippen LogP contribution in [-0.2, 0) is 4.52 Å². The third-order valence-corrected chi connectivity index (χ3v) is 4.23. The number of ether oxygens (including phenoxy) is 2. The molecule has 1 aromatic heterocycles. The van der Waals surface area contributed by atoms with Crippen molar-refractivity contribution in [2.75, 3.05) is 11.9 Å². The zero-order valence-electron chi connectivity index (χ0n) is 16.6. The Hall–Kier alpha value is -3.48. The summed E-state index contributed by atoms with van der Waals surface area (Å²) in [5.74, 6) is 0.134. The molecule has 0 radical (unpaired) electrons. The summed E-state index contributed by atoms with van der Waals surface area (Å²) in [6.07, 6.45) is 0.914. The van der Waals surface area contributed by atoms with Gasteiger partial charge in [-0.25, -0.2) is 9.78 Å². The van der Waals surface area contributed by atoms with Crippen molar-refractivity contribution in [2.45, 2.75) is 13.0 Å². The fourth-order valence-electron chi connectivity index (χ4n) is 2.64. The molecule has 0 saturated carbocycles. The Morgan fingerprint density at radius 2 is 1.77 bits per heavy atom. The molecule has 0 spiro atoms. The molecular formula is C22H21N2O6P. The quantitative estimate of drug-likeness (QED) is 0.475. The number of carbonyl (C=O) groups is 2. The molecule has 0 aliphatic carbocycles. The molecule has 0 aliphatic rings. The largest absolute Gasteiger partial charge is 0.488 e. The molecule has 0 saturated heterocycles. The van der Waals surface area contributed by atoms with Crippen LogP contribution in [0.1, 0.15) is 27.6 Å². The molecule has 160 valence electrons. The first-order valence-corrected chi connectivity index (χ1v) is 9.79. The number of nitrogens with zero attached hydrogens (tertiary/aromatic N) is 1. The summed E-state index contributed by atoms with van der Waals surface area (Å²) in [6.45, 7) is 2.18. The fourth-order valence-corrected chi connectivity index (χ4v) is 2.91. The molecule has 0 bridgehead atoms. The van der Waals surface area contributed by atoms with E-state index in [-0.39, 0.29) is 23.0 Å². The number of nitrogens with one attached hydrogen (secondary N) is 1. The number of carboxylic acid groups (broad SMARTS) is 1. The highest BCUT2D eigenvalue weighted by Crippen LogP contribution is 2.28. The SMILES string of the molecule is C[C@@H](COP)Oc1cc(Oc2ccccc2)cc(C(=O)Nc2ccc(C(=O)O)cn2)c1. The Morgan fingerprint density at radius 1 is 1.03 bits per heavy atom. The lowest BCUT2D eigenvalue weighted by molar-refractivity contribution is 0.0696. The maximum Gasteiger partial charge on any atom is 0.337 e. The van der Waals surface area contributed by atoms with Crippen LogP contribution < -0.4 is 14.8 Å². The number of benzene rings is 2. The molecule has 8 nitrogen and oxygen atoms in total. The van der Waals surface area contributed by atoms with Gasteiger partial charge in [-0.05, 0) is 43.3 Å². The maximum atomic E-state index is 12.8. The molecule has 3 aromatic rings. The average Bonchev–Trinajstić information content (AvgIpc) is 2.75. The summed E-state index contributed by atoms with van der Waals surface area (Å²) < 4.78 is 16.7. The number of hydrogen-bond acceptors (Lipinski definition) is 6. The molecule has 3 rings (SSSR count). The van der Waals surface area contributed by atoms with Crippen LogP contribution in [0.15, 0.2) is 66.9 Å². The summed E-state index contributed by atoms with van der Waals surface area (Å²) in [4.78, 5) is 27.7. The van der Waals surface area contributed by atoms with Crippen molar-refractivity contribution in [2.24, 2.45) is 0 Å². The number of pyridine rings is 1. The van der Waals surface area contributed by atoms with Crippen LogP contribution in [-0.4, -0.2) is 34.7 Å². The van der Waals surface area contributed by atoms with Crippen LogP contribution in [0.4, 0.5) is 5.82 Å². The molecular weight excluding hydrogens is 419 g/mol. The monoisotopic (exact) mass is 440 g/mol. The van der Waals surface area contributed by atoms with Gasteiger partial charge in [0, 0.05) is 27.3 Å². The number of rotatable bonds is 9. The first kappa shape index (κ1) is 22.2. The Kier molecular flexibility index (Phi) is 7.54. The predicted octanol–water partition coefficient (Wildman–Crippen LogP) is 4.40. The first-order chi connectivity index (χ1) is 14.9. The van der Waals surface area contributed by atoms with E-state index in [9.17, 15) is 9.59 Å². The van der Waals surface area contributed by atoms with E-state index in [1.165, 1.54) is 18.3 Å². The van der Waals surface area contributed by atoms with Crippen molar-refractivity contribution in [3.63, 3.8) is 0 Å². The maximum absolute atomic E-state index is 12.8. The number of hydrogen-bond donors (Lipinski definition) is 2. The number of amides is 1. The van der Waals surface area contributed by atoms with E-state index < -0.39 is 11.9 Å². The normalized spacial score (nSPS) is 11.4. The summed E-state index contributed by atoms with van der Waals surface area (Å²) in [7, 11) is 2.17. The third-order valence-electron chi connectivity index (χ3n) is 4.04. The Morgan fingerprint density at radius 3 is 2.42 bits per heavy atom. The minimum atomic E-state index is -1.10. The smallest absolute Gasteiger partial charge is 0.337 e. The summed E-state index contributed by atoms with van der Waals surface area (Å²) in [5.41, 5.74) is 0.309. The highest BCUT2D eigenvalue weighted by molar-refractivity contribution is 7.09. The number of carboxylic acids is 1. The topological polar surface area (TPSA) is 107 Å². The van der Waals surface area contributed by atoms with E-state index in [1.807, 2.05) is 25.1 Å². The van der Waals surface area contributed by atoms with Crippen LogP contribution in [0.2, 0.25) is 0 Å². The van der Waals surface area contributed by atoms with Crippen molar-refractivity contribution in [3.05, 3.63) is 78.0 Å². The van der Waals surface area contributed by atoms with Gasteiger partial charge in [0.25, 0.3) is 5.91 Å². The van der Waals surface area contributed by atoms with E-state index in [4.69, 9.17) is 19.1 Å². The van der Waals surface area contributed by atoms with Gasteiger partial charge in [-0.15, -0.1) is 0 Å². The van der Waals surface area contributed by atoms with Gasteiger partial charge in [0.15, 0.2) is 0 Å². The van der Waals surface area contributed by atoms with Crippen LogP contribution in [0.5, 0.6) is 17.2 Å². The van der Waals surface area contributed by atoms with Gasteiger partial charge in [-0.1, -0.05) is 18.2 Å². The lowest BCUT2D eigenvalue weighted by Crippen LogP contribution is -2.18. The molecule has 2 aromatic carbocycles. The Balaban J connectivity index is 1.84. The van der Waals surface area contributed by atoms with E-state index in [1.54, 1.807) is 30.3 Å². The lowest BCUT2D eigenvalue weighted by Gasteiger charge is -2.16. The number of carbonyl (C=O) groups excluding carboxylic acids is 1. The second-order valence-corrected chi connectivity index (χ2v) is 6.89. The second kappa shape index (κ2) is 10.5. The highest BCUT2D eigenvalue weighted by Gasteiger charge is 2.14. The number of aromatic carboxylic acids is 1. The molecule has 1 heterocycles. The number of aromatic nitrogens is 1. The van der Waals surface area contributed by atoms with Crippen molar-refractivity contribution < 1.29 is 28.7 Å². The van der Waals surface area contributed by atoms with Gasteiger partial charge in [-0.2, -0.15) is 0 Å². The third kappa shape index (κ3) is 6.50. The van der Waals surface area contributed by atoms with E-state index >= 15 is 0 Å². The molecule has 2 atom stereocenters. The Bertz CT molecular complexity index is 1040. The van der Waals surface area contributed by atoms with Gasteiger partial charge >= 0.3 is 5.97 Å². The molecule has 1 amide bonds. The molecule has 2 N–H and O–H groups in total. The zero-order valence-corrected chi connectivity index (χ0v) is 17.8. The highest BCUT2D eigenvalue weighted by atomic mass is 31.0. The minimum Gasteiger partial charge on any atom is -0.488 e. The number of para-hydroxylation sites is 1. The standard InChI is InChI=1S/C22H21N2O6P/c1-14(13-28-31)29-18-9-16(10-19(11-18)30-17-5-3-2-4-6-17)21(25)24-20-8-7-15(12-23-20)22(26)27/h2-12,14H,13,31H2,1H3,(H,26,27)(H,23,24,25)/t14-/m0/s1. The van der Waals surface area contributed by atoms with Crippen LogP contribution in [0, 0.1) is 0 Å². The van der Waals surface area contributed by atoms with Crippen LogP contribution >= 0.6 is 9.47 Å². The summed E-state index contributed by atoms with van der Waals surface area (Å²) in [6, 6.07) is 16.8. The molecule has 1 unspecified atom stereocenters. The molecule has 0 fully saturated rings. The van der Waals surface area contributed by atoms with Gasteiger partial charge in [0.2, 0.25) is 0 Å². The van der Waals surface area contributed by atoms with Crippen LogP contribution in [0.25, 0.3) is 0 Å². The Labute approximate surface area is 181 Å². The molecule has 31 heavy (non-hydrogen) atoms. The van der Waals surface area contributed by atoms with E-state index in [0.717, 1.165) is 0 Å². The predicted molar refractivity (Wildman–Crippen MR) is 118 cm³/mol. The van der Waals surface area contributed by atoms with Crippen LogP contribution in [0.3, 0.4) is 0 Å². The van der Waals surface area contributed by atoms with Crippen molar-refractivity contribution in [1.29, 1.82) is 0 Å². The second-order valence-electron chi connectivity index (χ2n) is 6.56.